The van der Waals surface area contributed by atoms with Crippen molar-refractivity contribution in [3.05, 3.63) is 0 Å². The minimum Gasteiger partial charge on any atom is -0.396 e. The van der Waals surface area contributed by atoms with Gasteiger partial charge in [0.2, 0.25) is 5.91 Å². The van der Waals surface area contributed by atoms with E-state index in [2.05, 4.69) is 10.6 Å². The van der Waals surface area contributed by atoms with Gasteiger partial charge < -0.3 is 20.5 Å². The van der Waals surface area contributed by atoms with E-state index in [0.29, 0.717) is 25.5 Å². The summed E-state index contributed by atoms with van der Waals surface area (Å²) in [5, 5.41) is 15.9. The van der Waals surface area contributed by atoms with Crippen molar-refractivity contribution in [1.29, 1.82) is 0 Å². The van der Waals surface area contributed by atoms with Crippen LogP contribution in [0.5, 0.6) is 0 Å². The van der Waals surface area contributed by atoms with Crippen molar-refractivity contribution in [2.45, 2.75) is 38.5 Å². The van der Waals surface area contributed by atoms with E-state index < -0.39 is 0 Å². The molecule has 1 unspecified atom stereocenters. The monoisotopic (exact) mass is 332 g/mol. The Morgan fingerprint density at radius 1 is 1.36 bits per heavy atom. The minimum atomic E-state index is -0.182. The molecule has 128 valence electrons. The van der Waals surface area contributed by atoms with E-state index in [1.807, 2.05) is 0 Å². The molecule has 0 aromatic heterocycles. The first-order valence-electron chi connectivity index (χ1n) is 8.38. The molecule has 3 N–H and O–H groups in total. The first-order valence-corrected chi connectivity index (χ1v) is 8.38. The number of hydrogen-bond donors (Lipinski definition) is 3. The van der Waals surface area contributed by atoms with Gasteiger partial charge in [-0.1, -0.05) is 12.8 Å². The molecule has 2 heterocycles. The Kier molecular flexibility index (Phi) is 6.11. The molecule has 0 radical (unpaired) electrons. The Balaban J connectivity index is 0.00000176. The number of halogens is 1. The molecule has 3 atom stereocenters. The average molecular weight is 333 g/mol. The van der Waals surface area contributed by atoms with E-state index in [1.165, 1.54) is 12.8 Å². The summed E-state index contributed by atoms with van der Waals surface area (Å²) in [6.45, 7) is 4.01. The Labute approximate surface area is 139 Å². The predicted molar refractivity (Wildman–Crippen MR) is 87.1 cm³/mol. The van der Waals surface area contributed by atoms with Gasteiger partial charge in [-0.2, -0.15) is 0 Å². The summed E-state index contributed by atoms with van der Waals surface area (Å²) in [6, 6.07) is 0. The van der Waals surface area contributed by atoms with Crippen LogP contribution in [0.25, 0.3) is 0 Å². The number of ether oxygens (including phenoxy) is 1. The number of nitrogens with one attached hydrogen (secondary N) is 2. The minimum absolute atomic E-state index is 0. The number of fused-ring (bicyclic) bond motifs is 1. The molecule has 5 nitrogen and oxygen atoms in total. The summed E-state index contributed by atoms with van der Waals surface area (Å²) in [5.74, 6) is 0.723. The van der Waals surface area contributed by atoms with Crippen LogP contribution in [0.3, 0.4) is 0 Å². The fourth-order valence-electron chi connectivity index (χ4n) is 4.45. The van der Waals surface area contributed by atoms with Crippen LogP contribution in [0.4, 0.5) is 0 Å². The van der Waals surface area contributed by atoms with Gasteiger partial charge in [0.15, 0.2) is 0 Å². The Morgan fingerprint density at radius 3 is 2.95 bits per heavy atom. The van der Waals surface area contributed by atoms with Gasteiger partial charge >= 0.3 is 0 Å². The molecular formula is C16H29ClN2O3. The van der Waals surface area contributed by atoms with Gasteiger partial charge in [-0.05, 0) is 38.1 Å². The van der Waals surface area contributed by atoms with Crippen LogP contribution in [0.2, 0.25) is 0 Å². The largest absolute Gasteiger partial charge is 0.396 e. The molecule has 3 fully saturated rings. The van der Waals surface area contributed by atoms with Gasteiger partial charge in [-0.15, -0.1) is 12.4 Å². The molecular weight excluding hydrogens is 304 g/mol. The highest BCUT2D eigenvalue weighted by molar-refractivity contribution is 5.85. The van der Waals surface area contributed by atoms with Crippen LogP contribution in [0, 0.1) is 16.7 Å². The number of amides is 1. The van der Waals surface area contributed by atoms with Crippen molar-refractivity contribution in [1.82, 2.24) is 10.6 Å². The predicted octanol–water partition coefficient (Wildman–Crippen LogP) is 1.09. The van der Waals surface area contributed by atoms with Crippen molar-refractivity contribution < 1.29 is 14.6 Å². The van der Waals surface area contributed by atoms with Crippen molar-refractivity contribution in [3.63, 3.8) is 0 Å². The van der Waals surface area contributed by atoms with Crippen molar-refractivity contribution in [2.75, 3.05) is 39.5 Å². The zero-order chi connectivity index (χ0) is 14.8. The number of aliphatic hydroxyl groups is 1. The molecule has 22 heavy (non-hydrogen) atoms. The maximum Gasteiger partial charge on any atom is 0.227 e. The van der Waals surface area contributed by atoms with Gasteiger partial charge in [-0.3, -0.25) is 4.79 Å². The molecule has 0 aromatic carbocycles. The van der Waals surface area contributed by atoms with Crippen molar-refractivity contribution in [2.24, 2.45) is 16.7 Å². The number of carbonyl (C=O) groups excluding carboxylic acids is 1. The smallest absolute Gasteiger partial charge is 0.227 e. The van der Waals surface area contributed by atoms with Crippen molar-refractivity contribution >= 4 is 18.3 Å². The third-order valence-corrected chi connectivity index (χ3v) is 5.94. The quantitative estimate of drug-likeness (QED) is 0.705. The lowest BCUT2D eigenvalue weighted by atomic mass is 9.67. The maximum absolute atomic E-state index is 12.9. The summed E-state index contributed by atoms with van der Waals surface area (Å²) in [6.07, 6.45) is 6.25. The van der Waals surface area contributed by atoms with E-state index in [-0.39, 0.29) is 35.8 Å². The van der Waals surface area contributed by atoms with Gasteiger partial charge in [0, 0.05) is 31.7 Å². The second-order valence-corrected chi connectivity index (χ2v) is 7.19. The number of hydrogen-bond acceptors (Lipinski definition) is 4. The first kappa shape index (κ1) is 18.0. The summed E-state index contributed by atoms with van der Waals surface area (Å²) in [4.78, 5) is 12.9. The normalized spacial score (nSPS) is 37.4. The fraction of sp³-hybridized carbons (Fsp3) is 0.938. The zero-order valence-corrected chi connectivity index (χ0v) is 14.1. The topological polar surface area (TPSA) is 70.6 Å². The van der Waals surface area contributed by atoms with Crippen LogP contribution < -0.4 is 10.6 Å². The van der Waals surface area contributed by atoms with Gasteiger partial charge in [-0.25, -0.2) is 0 Å². The van der Waals surface area contributed by atoms with Crippen LogP contribution in [0.1, 0.15) is 38.5 Å². The molecule has 0 bridgehead atoms. The first-order chi connectivity index (χ1) is 10.2. The average Bonchev–Trinajstić information content (AvgIpc) is 3.13. The summed E-state index contributed by atoms with van der Waals surface area (Å²) < 4.78 is 5.50. The lowest BCUT2D eigenvalue weighted by Gasteiger charge is -2.38. The van der Waals surface area contributed by atoms with E-state index in [4.69, 9.17) is 4.74 Å². The van der Waals surface area contributed by atoms with Gasteiger partial charge in [0.25, 0.3) is 0 Å². The second kappa shape index (κ2) is 7.47. The van der Waals surface area contributed by atoms with E-state index in [0.717, 1.165) is 39.0 Å². The Morgan fingerprint density at radius 2 is 2.23 bits per heavy atom. The third-order valence-electron chi connectivity index (χ3n) is 5.94. The molecule has 1 amide bonds. The standard InChI is InChI=1S/C16H28N2O3.ClH/c19-7-5-15(6-8-21-12-15)10-18-14(20)16-4-2-1-3-13(16)9-17-11-16;/h13,17,19H,1-12H2,(H,18,20);1H/t13-,15?,16+;/m0./s1. The Bertz CT molecular complexity index is 388. The number of rotatable bonds is 5. The van der Waals surface area contributed by atoms with E-state index in [9.17, 15) is 9.90 Å². The van der Waals surface area contributed by atoms with Crippen LogP contribution in [-0.2, 0) is 9.53 Å². The summed E-state index contributed by atoms with van der Waals surface area (Å²) in [5.41, 5.74) is -0.241. The summed E-state index contributed by atoms with van der Waals surface area (Å²) in [7, 11) is 0. The van der Waals surface area contributed by atoms with Crippen LogP contribution >= 0.6 is 12.4 Å². The maximum atomic E-state index is 12.9. The molecule has 3 rings (SSSR count). The molecule has 0 aromatic rings. The highest BCUT2D eigenvalue weighted by Gasteiger charge is 2.50. The second-order valence-electron chi connectivity index (χ2n) is 7.19. The molecule has 6 heteroatoms. The molecule has 0 spiro atoms. The number of aliphatic hydroxyl groups excluding tert-OH is 1. The number of carbonyl (C=O) groups is 1. The van der Waals surface area contributed by atoms with Crippen molar-refractivity contribution in [3.8, 4) is 0 Å². The van der Waals surface area contributed by atoms with E-state index in [1.54, 1.807) is 0 Å². The van der Waals surface area contributed by atoms with Crippen LogP contribution in [-0.4, -0.2) is 50.5 Å². The molecule has 2 saturated heterocycles. The highest BCUT2D eigenvalue weighted by atomic mass is 35.5. The molecule has 3 aliphatic rings. The van der Waals surface area contributed by atoms with Gasteiger partial charge in [0.05, 0.1) is 12.0 Å². The van der Waals surface area contributed by atoms with E-state index >= 15 is 0 Å². The fourth-order valence-corrected chi connectivity index (χ4v) is 4.45. The summed E-state index contributed by atoms with van der Waals surface area (Å²) >= 11 is 0. The lowest BCUT2D eigenvalue weighted by molar-refractivity contribution is -0.134. The van der Waals surface area contributed by atoms with Crippen LogP contribution in [0.15, 0.2) is 0 Å². The van der Waals surface area contributed by atoms with Gasteiger partial charge in [0.1, 0.15) is 0 Å². The highest BCUT2D eigenvalue weighted by Crippen LogP contribution is 2.44. The Hall–Kier alpha value is -0.360. The molecule has 1 aliphatic carbocycles. The molecule has 2 aliphatic heterocycles. The zero-order valence-electron chi connectivity index (χ0n) is 13.2. The SMILES string of the molecule is Cl.O=C(NCC1(CCO)CCOC1)[C@@]12CCCC[C@H]1CNC2. The molecule has 1 saturated carbocycles. The third kappa shape index (κ3) is 3.28. The lowest BCUT2D eigenvalue weighted by Crippen LogP contribution is -2.50.